The number of hydrogen-bond donors (Lipinski definition) is 0. The summed E-state index contributed by atoms with van der Waals surface area (Å²) in [5.74, 6) is 0. The average molecular weight is 366 g/mol. The standard InChI is InChI=1S/C26H39N/c1-6-7-8-9-10-11-12-13-20-27(25-18-14-16-21(2)23(25)4)26-19-15-17-22(3)24(26)5/h14-19H,6-13,20H2,1-5H3. The molecule has 27 heavy (non-hydrogen) atoms. The predicted molar refractivity (Wildman–Crippen MR) is 121 cm³/mol. The molecule has 0 fully saturated rings. The van der Waals surface area contributed by atoms with Crippen molar-refractivity contribution in [1.29, 1.82) is 0 Å². The molecule has 0 unspecified atom stereocenters. The van der Waals surface area contributed by atoms with E-state index in [-0.39, 0.29) is 0 Å². The van der Waals surface area contributed by atoms with E-state index < -0.39 is 0 Å². The van der Waals surface area contributed by atoms with Crippen molar-refractivity contribution in [2.24, 2.45) is 0 Å². The first-order chi connectivity index (χ1) is 13.1. The molecule has 0 heterocycles. The first-order valence-corrected chi connectivity index (χ1v) is 11.0. The van der Waals surface area contributed by atoms with Crippen LogP contribution in [0, 0.1) is 27.7 Å². The lowest BCUT2D eigenvalue weighted by atomic mass is 10.0. The SMILES string of the molecule is CCCCCCCCCCN(c1cccc(C)c1C)c1cccc(C)c1C. The summed E-state index contributed by atoms with van der Waals surface area (Å²) in [6.45, 7) is 12.3. The van der Waals surface area contributed by atoms with Gasteiger partial charge < -0.3 is 4.90 Å². The Morgan fingerprint density at radius 1 is 0.593 bits per heavy atom. The zero-order chi connectivity index (χ0) is 19.6. The fraction of sp³-hybridized carbons (Fsp3) is 0.538. The van der Waals surface area contributed by atoms with Gasteiger partial charge in [-0.2, -0.15) is 0 Å². The van der Waals surface area contributed by atoms with E-state index in [1.54, 1.807) is 0 Å². The van der Waals surface area contributed by atoms with E-state index in [2.05, 4.69) is 75.9 Å². The summed E-state index contributed by atoms with van der Waals surface area (Å²) in [6, 6.07) is 13.4. The molecule has 0 amide bonds. The van der Waals surface area contributed by atoms with E-state index >= 15 is 0 Å². The van der Waals surface area contributed by atoms with Crippen molar-refractivity contribution in [3.05, 3.63) is 58.7 Å². The van der Waals surface area contributed by atoms with E-state index in [9.17, 15) is 0 Å². The number of aryl methyl sites for hydroxylation is 2. The Balaban J connectivity index is 2.07. The molecule has 0 saturated heterocycles. The molecule has 0 aliphatic carbocycles. The van der Waals surface area contributed by atoms with Crippen LogP contribution in [0.4, 0.5) is 11.4 Å². The van der Waals surface area contributed by atoms with Crippen molar-refractivity contribution < 1.29 is 0 Å². The molecule has 0 aliphatic rings. The van der Waals surface area contributed by atoms with E-state index in [0.29, 0.717) is 0 Å². The van der Waals surface area contributed by atoms with Gasteiger partial charge in [-0.25, -0.2) is 0 Å². The van der Waals surface area contributed by atoms with Gasteiger partial charge in [0, 0.05) is 17.9 Å². The lowest BCUT2D eigenvalue weighted by Gasteiger charge is -2.29. The van der Waals surface area contributed by atoms with Crippen molar-refractivity contribution in [2.75, 3.05) is 11.4 Å². The summed E-state index contributed by atoms with van der Waals surface area (Å²) in [5.41, 5.74) is 8.28. The van der Waals surface area contributed by atoms with Crippen LogP contribution in [0.5, 0.6) is 0 Å². The van der Waals surface area contributed by atoms with Crippen molar-refractivity contribution in [2.45, 2.75) is 86.0 Å². The van der Waals surface area contributed by atoms with Crippen LogP contribution < -0.4 is 4.90 Å². The molecule has 148 valence electrons. The van der Waals surface area contributed by atoms with Gasteiger partial charge in [-0.1, -0.05) is 76.1 Å². The molecule has 2 aromatic rings. The van der Waals surface area contributed by atoms with Crippen LogP contribution in [0.1, 0.15) is 80.5 Å². The Kier molecular flexibility index (Phi) is 8.91. The van der Waals surface area contributed by atoms with E-state index in [1.165, 1.54) is 85.0 Å². The van der Waals surface area contributed by atoms with Gasteiger partial charge >= 0.3 is 0 Å². The van der Waals surface area contributed by atoms with Crippen LogP contribution in [0.25, 0.3) is 0 Å². The van der Waals surface area contributed by atoms with Gasteiger partial charge in [0.25, 0.3) is 0 Å². The fourth-order valence-electron chi connectivity index (χ4n) is 3.83. The molecule has 0 bridgehead atoms. The van der Waals surface area contributed by atoms with Gasteiger partial charge in [-0.05, 0) is 68.5 Å². The molecular weight excluding hydrogens is 326 g/mol. The van der Waals surface area contributed by atoms with Gasteiger partial charge in [0.1, 0.15) is 0 Å². The van der Waals surface area contributed by atoms with Gasteiger partial charge in [0.15, 0.2) is 0 Å². The monoisotopic (exact) mass is 365 g/mol. The lowest BCUT2D eigenvalue weighted by Crippen LogP contribution is -2.21. The summed E-state index contributed by atoms with van der Waals surface area (Å²) >= 11 is 0. The molecule has 0 radical (unpaired) electrons. The topological polar surface area (TPSA) is 3.24 Å². The smallest absolute Gasteiger partial charge is 0.0443 e. The number of rotatable bonds is 11. The molecule has 0 aliphatic heterocycles. The molecule has 0 aromatic heterocycles. The first kappa shape index (κ1) is 21.5. The predicted octanol–water partition coefficient (Wildman–Crippen LogP) is 8.20. The number of anilines is 2. The molecule has 2 rings (SSSR count). The second kappa shape index (κ2) is 11.2. The van der Waals surface area contributed by atoms with Crippen molar-refractivity contribution in [3.63, 3.8) is 0 Å². The largest absolute Gasteiger partial charge is 0.341 e. The molecule has 0 saturated carbocycles. The third-order valence-corrected chi connectivity index (χ3v) is 5.97. The molecule has 0 N–H and O–H groups in total. The van der Waals surface area contributed by atoms with Crippen molar-refractivity contribution in [1.82, 2.24) is 0 Å². The number of hydrogen-bond acceptors (Lipinski definition) is 1. The maximum Gasteiger partial charge on any atom is 0.0443 e. The van der Waals surface area contributed by atoms with Crippen molar-refractivity contribution in [3.8, 4) is 0 Å². The number of nitrogens with zero attached hydrogens (tertiary/aromatic N) is 1. The highest BCUT2D eigenvalue weighted by molar-refractivity contribution is 5.70. The van der Waals surface area contributed by atoms with E-state index in [4.69, 9.17) is 0 Å². The Morgan fingerprint density at radius 2 is 1.04 bits per heavy atom. The van der Waals surface area contributed by atoms with Crippen LogP contribution >= 0.6 is 0 Å². The number of benzene rings is 2. The Hall–Kier alpha value is -1.76. The van der Waals surface area contributed by atoms with Gasteiger partial charge in [-0.15, -0.1) is 0 Å². The minimum Gasteiger partial charge on any atom is -0.341 e. The molecule has 0 spiro atoms. The van der Waals surface area contributed by atoms with E-state index in [0.717, 1.165) is 6.54 Å². The minimum atomic E-state index is 1.10. The maximum absolute atomic E-state index is 2.56. The summed E-state index contributed by atoms with van der Waals surface area (Å²) < 4.78 is 0. The molecular formula is C26H39N. The normalized spacial score (nSPS) is 11.0. The summed E-state index contributed by atoms with van der Waals surface area (Å²) in [5, 5.41) is 0. The van der Waals surface area contributed by atoms with E-state index in [1.807, 2.05) is 0 Å². The van der Waals surface area contributed by atoms with Gasteiger partial charge in [0.2, 0.25) is 0 Å². The number of unbranched alkanes of at least 4 members (excludes halogenated alkanes) is 7. The third kappa shape index (κ3) is 6.13. The van der Waals surface area contributed by atoms with Gasteiger partial charge in [-0.3, -0.25) is 0 Å². The highest BCUT2D eigenvalue weighted by atomic mass is 15.1. The minimum absolute atomic E-state index is 1.10. The first-order valence-electron chi connectivity index (χ1n) is 11.0. The average Bonchev–Trinajstić information content (AvgIpc) is 2.66. The molecule has 0 atom stereocenters. The van der Waals surface area contributed by atoms with Crippen LogP contribution in [0.15, 0.2) is 36.4 Å². The van der Waals surface area contributed by atoms with Crippen LogP contribution in [0.3, 0.4) is 0 Å². The summed E-state index contributed by atoms with van der Waals surface area (Å²) in [7, 11) is 0. The highest BCUT2D eigenvalue weighted by Gasteiger charge is 2.15. The van der Waals surface area contributed by atoms with Crippen molar-refractivity contribution >= 4 is 11.4 Å². The summed E-state index contributed by atoms with van der Waals surface area (Å²) in [4.78, 5) is 2.56. The fourth-order valence-corrected chi connectivity index (χ4v) is 3.83. The lowest BCUT2D eigenvalue weighted by molar-refractivity contribution is 0.577. The zero-order valence-corrected chi connectivity index (χ0v) is 18.3. The third-order valence-electron chi connectivity index (χ3n) is 5.97. The molecule has 1 nitrogen and oxygen atoms in total. The maximum atomic E-state index is 2.56. The summed E-state index contributed by atoms with van der Waals surface area (Å²) in [6.07, 6.45) is 10.9. The highest BCUT2D eigenvalue weighted by Crippen LogP contribution is 2.33. The quantitative estimate of drug-likeness (QED) is 0.363. The van der Waals surface area contributed by atoms with Gasteiger partial charge in [0.05, 0.1) is 0 Å². The molecule has 1 heteroatoms. The van der Waals surface area contributed by atoms with Crippen LogP contribution in [-0.2, 0) is 0 Å². The van der Waals surface area contributed by atoms with Crippen LogP contribution in [-0.4, -0.2) is 6.54 Å². The Labute approximate surface area is 167 Å². The zero-order valence-electron chi connectivity index (χ0n) is 18.3. The second-order valence-electron chi connectivity index (χ2n) is 8.06. The Bertz CT molecular complexity index is 650. The second-order valence-corrected chi connectivity index (χ2v) is 8.06. The molecule has 2 aromatic carbocycles. The Morgan fingerprint density at radius 3 is 1.52 bits per heavy atom. The van der Waals surface area contributed by atoms with Crippen LogP contribution in [0.2, 0.25) is 0 Å².